The van der Waals surface area contributed by atoms with Crippen molar-refractivity contribution >= 4 is 5.91 Å². The van der Waals surface area contributed by atoms with Gasteiger partial charge in [-0.15, -0.1) is 0 Å². The molecule has 3 N–H and O–H groups in total. The molecular weight excluding hydrogens is 216 g/mol. The number of amides is 1. The third kappa shape index (κ3) is 2.68. The van der Waals surface area contributed by atoms with Gasteiger partial charge in [-0.3, -0.25) is 9.69 Å². The van der Waals surface area contributed by atoms with Crippen molar-refractivity contribution in [2.45, 2.75) is 13.0 Å². The Balaban J connectivity index is 1.89. The molecule has 17 heavy (non-hydrogen) atoms. The molecule has 1 aliphatic rings. The highest BCUT2D eigenvalue weighted by Gasteiger charge is 2.23. The Hall–Kier alpha value is -1.33. The zero-order valence-corrected chi connectivity index (χ0v) is 10.2. The lowest BCUT2D eigenvalue weighted by atomic mass is 10.1. The molecule has 1 unspecified atom stereocenters. The SMILES string of the molecule is CC(c1cc[nH]c1)N1CCN(C(=O)CN)CC1. The Bertz CT molecular complexity index is 355. The van der Waals surface area contributed by atoms with Gasteiger partial charge in [0.1, 0.15) is 0 Å². The first-order chi connectivity index (χ1) is 8.22. The summed E-state index contributed by atoms with van der Waals surface area (Å²) in [6.45, 7) is 5.71. The molecule has 1 fully saturated rings. The molecule has 2 rings (SSSR count). The van der Waals surface area contributed by atoms with Crippen LogP contribution in [0.2, 0.25) is 0 Å². The second kappa shape index (κ2) is 5.33. The van der Waals surface area contributed by atoms with Gasteiger partial charge in [0.15, 0.2) is 0 Å². The summed E-state index contributed by atoms with van der Waals surface area (Å²) in [6.07, 6.45) is 3.97. The molecule has 5 heteroatoms. The first-order valence-corrected chi connectivity index (χ1v) is 6.07. The van der Waals surface area contributed by atoms with Gasteiger partial charge >= 0.3 is 0 Å². The third-order valence-corrected chi connectivity index (χ3v) is 3.49. The number of nitrogens with one attached hydrogen (secondary N) is 1. The van der Waals surface area contributed by atoms with E-state index in [9.17, 15) is 4.79 Å². The molecule has 1 aromatic heterocycles. The Morgan fingerprint density at radius 2 is 2.18 bits per heavy atom. The van der Waals surface area contributed by atoms with Crippen LogP contribution in [-0.4, -0.2) is 53.4 Å². The maximum Gasteiger partial charge on any atom is 0.236 e. The number of aromatic nitrogens is 1. The highest BCUT2D eigenvalue weighted by atomic mass is 16.2. The van der Waals surface area contributed by atoms with Crippen molar-refractivity contribution in [3.63, 3.8) is 0 Å². The van der Waals surface area contributed by atoms with Crippen molar-refractivity contribution < 1.29 is 4.79 Å². The van der Waals surface area contributed by atoms with Crippen molar-refractivity contribution in [2.24, 2.45) is 5.73 Å². The first kappa shape index (κ1) is 12.1. The van der Waals surface area contributed by atoms with Crippen LogP contribution in [0.4, 0.5) is 0 Å². The van der Waals surface area contributed by atoms with E-state index in [4.69, 9.17) is 5.73 Å². The van der Waals surface area contributed by atoms with Crippen LogP contribution in [0.25, 0.3) is 0 Å². The number of piperazine rings is 1. The number of hydrogen-bond acceptors (Lipinski definition) is 3. The minimum absolute atomic E-state index is 0.0546. The van der Waals surface area contributed by atoms with Gasteiger partial charge in [0.25, 0.3) is 0 Å². The van der Waals surface area contributed by atoms with Crippen LogP contribution in [0.5, 0.6) is 0 Å². The predicted octanol–water partition coefficient (Wildman–Crippen LogP) is 0.179. The quantitative estimate of drug-likeness (QED) is 0.786. The summed E-state index contributed by atoms with van der Waals surface area (Å²) >= 11 is 0. The lowest BCUT2D eigenvalue weighted by molar-refractivity contribution is -0.131. The molecular formula is C12H20N4O. The minimum atomic E-state index is 0.0546. The summed E-state index contributed by atoms with van der Waals surface area (Å²) in [5, 5.41) is 0. The minimum Gasteiger partial charge on any atom is -0.367 e. The Kier molecular flexibility index (Phi) is 3.81. The van der Waals surface area contributed by atoms with Crippen LogP contribution in [0.15, 0.2) is 18.5 Å². The van der Waals surface area contributed by atoms with Gasteiger partial charge in [-0.05, 0) is 18.6 Å². The number of nitrogens with zero attached hydrogens (tertiary/aromatic N) is 2. The fourth-order valence-corrected chi connectivity index (χ4v) is 2.30. The maximum atomic E-state index is 11.4. The maximum absolute atomic E-state index is 11.4. The van der Waals surface area contributed by atoms with Gasteiger partial charge in [-0.1, -0.05) is 0 Å². The molecule has 5 nitrogen and oxygen atoms in total. The smallest absolute Gasteiger partial charge is 0.236 e. The fraction of sp³-hybridized carbons (Fsp3) is 0.583. The van der Waals surface area contributed by atoms with Gasteiger partial charge in [0.05, 0.1) is 6.54 Å². The molecule has 1 aromatic rings. The summed E-state index contributed by atoms with van der Waals surface area (Å²) < 4.78 is 0. The van der Waals surface area contributed by atoms with Crippen molar-refractivity contribution in [3.05, 3.63) is 24.0 Å². The van der Waals surface area contributed by atoms with Crippen LogP contribution < -0.4 is 5.73 Å². The average Bonchev–Trinajstić information content (AvgIpc) is 2.91. The number of aromatic amines is 1. The van der Waals surface area contributed by atoms with E-state index in [0.717, 1.165) is 26.2 Å². The predicted molar refractivity (Wildman–Crippen MR) is 66.4 cm³/mol. The number of carbonyl (C=O) groups is 1. The normalized spacial score (nSPS) is 19.3. The Morgan fingerprint density at radius 3 is 2.71 bits per heavy atom. The summed E-state index contributed by atoms with van der Waals surface area (Å²) in [7, 11) is 0. The molecule has 0 aromatic carbocycles. The molecule has 0 aliphatic carbocycles. The molecule has 94 valence electrons. The molecule has 0 radical (unpaired) electrons. The van der Waals surface area contributed by atoms with Gasteiger partial charge in [0.2, 0.25) is 5.91 Å². The van der Waals surface area contributed by atoms with Crippen LogP contribution in [0.1, 0.15) is 18.5 Å². The number of rotatable bonds is 3. The summed E-state index contributed by atoms with van der Waals surface area (Å²) in [5.41, 5.74) is 6.66. The number of nitrogens with two attached hydrogens (primary N) is 1. The first-order valence-electron chi connectivity index (χ1n) is 6.07. The molecule has 1 aliphatic heterocycles. The number of H-pyrrole nitrogens is 1. The topological polar surface area (TPSA) is 65.4 Å². The molecule has 1 saturated heterocycles. The molecule has 0 saturated carbocycles. The van der Waals surface area contributed by atoms with Crippen molar-refractivity contribution in [1.82, 2.24) is 14.8 Å². The number of hydrogen-bond donors (Lipinski definition) is 2. The standard InChI is InChI=1S/C12H20N4O/c1-10(11-2-3-14-9-11)15-4-6-16(7-5-15)12(17)8-13/h2-3,9-10,14H,4-8,13H2,1H3. The van der Waals surface area contributed by atoms with E-state index in [-0.39, 0.29) is 12.5 Å². The van der Waals surface area contributed by atoms with Gasteiger partial charge < -0.3 is 15.6 Å². The summed E-state index contributed by atoms with van der Waals surface area (Å²) in [5.74, 6) is 0.0546. The molecule has 1 amide bonds. The van der Waals surface area contributed by atoms with Crippen LogP contribution >= 0.6 is 0 Å². The molecule has 2 heterocycles. The second-order valence-corrected chi connectivity index (χ2v) is 4.44. The average molecular weight is 236 g/mol. The molecule has 0 spiro atoms. The van der Waals surface area contributed by atoms with Crippen LogP contribution in [-0.2, 0) is 4.79 Å². The summed E-state index contributed by atoms with van der Waals surface area (Å²) in [6, 6.07) is 2.50. The third-order valence-electron chi connectivity index (χ3n) is 3.49. The van der Waals surface area contributed by atoms with E-state index in [1.807, 2.05) is 17.3 Å². The van der Waals surface area contributed by atoms with Crippen LogP contribution in [0.3, 0.4) is 0 Å². The molecule has 1 atom stereocenters. The van der Waals surface area contributed by atoms with Crippen molar-refractivity contribution in [1.29, 1.82) is 0 Å². The zero-order valence-electron chi connectivity index (χ0n) is 10.2. The Labute approximate surface area is 102 Å². The van der Waals surface area contributed by atoms with E-state index >= 15 is 0 Å². The highest BCUT2D eigenvalue weighted by molar-refractivity contribution is 5.78. The van der Waals surface area contributed by atoms with Crippen LogP contribution in [0, 0.1) is 0 Å². The lowest BCUT2D eigenvalue weighted by Gasteiger charge is -2.37. The largest absolute Gasteiger partial charge is 0.367 e. The summed E-state index contributed by atoms with van der Waals surface area (Å²) in [4.78, 5) is 18.8. The fourth-order valence-electron chi connectivity index (χ4n) is 2.30. The van der Waals surface area contributed by atoms with Gasteiger partial charge in [0, 0.05) is 44.6 Å². The van der Waals surface area contributed by atoms with E-state index in [0.29, 0.717) is 6.04 Å². The van der Waals surface area contributed by atoms with Gasteiger partial charge in [-0.2, -0.15) is 0 Å². The van der Waals surface area contributed by atoms with E-state index in [1.165, 1.54) is 5.56 Å². The van der Waals surface area contributed by atoms with Crippen molar-refractivity contribution in [3.8, 4) is 0 Å². The second-order valence-electron chi connectivity index (χ2n) is 4.44. The molecule has 0 bridgehead atoms. The number of carbonyl (C=O) groups excluding carboxylic acids is 1. The van der Waals surface area contributed by atoms with E-state index < -0.39 is 0 Å². The zero-order chi connectivity index (χ0) is 12.3. The monoisotopic (exact) mass is 236 g/mol. The van der Waals surface area contributed by atoms with E-state index in [1.54, 1.807) is 0 Å². The van der Waals surface area contributed by atoms with Crippen molar-refractivity contribution in [2.75, 3.05) is 32.7 Å². The highest BCUT2D eigenvalue weighted by Crippen LogP contribution is 2.20. The van der Waals surface area contributed by atoms with E-state index in [2.05, 4.69) is 22.9 Å². The Morgan fingerprint density at radius 1 is 1.47 bits per heavy atom. The lowest BCUT2D eigenvalue weighted by Crippen LogP contribution is -2.50. The van der Waals surface area contributed by atoms with Gasteiger partial charge in [-0.25, -0.2) is 0 Å².